The number of hydrogen-bond acceptors (Lipinski definition) is 5. The number of benzene rings is 2. The van der Waals surface area contributed by atoms with Gasteiger partial charge in [0.15, 0.2) is 0 Å². The summed E-state index contributed by atoms with van der Waals surface area (Å²) >= 11 is 0. The minimum atomic E-state index is -0.763. The van der Waals surface area contributed by atoms with Gasteiger partial charge in [-0.15, -0.1) is 0 Å². The molecular weight excluding hydrogens is 346 g/mol. The number of hydrogen-bond donors (Lipinski definition) is 3. The smallest absolute Gasteiger partial charge is 0.262 e. The molecule has 7 heteroatoms. The highest BCUT2D eigenvalue weighted by Gasteiger charge is 2.24. The molecule has 0 saturated carbocycles. The van der Waals surface area contributed by atoms with Gasteiger partial charge in [-0.25, -0.2) is 5.43 Å². The molecule has 2 amide bonds. The fourth-order valence-electron chi connectivity index (χ4n) is 2.33. The quantitative estimate of drug-likeness (QED) is 0.515. The highest BCUT2D eigenvalue weighted by molar-refractivity contribution is 5.97. The molecule has 7 nitrogen and oxygen atoms in total. The Balaban J connectivity index is 2.01. The molecule has 0 saturated heterocycles. The summed E-state index contributed by atoms with van der Waals surface area (Å²) < 4.78 is 5.07. The summed E-state index contributed by atoms with van der Waals surface area (Å²) in [6.07, 6.45) is 1.34. The Hall–Kier alpha value is -3.35. The lowest BCUT2D eigenvalue weighted by molar-refractivity contribution is -0.123. The third-order valence-corrected chi connectivity index (χ3v) is 3.90. The lowest BCUT2D eigenvalue weighted by Gasteiger charge is -2.20. The third kappa shape index (κ3) is 5.57. The van der Waals surface area contributed by atoms with E-state index in [1.54, 1.807) is 49.6 Å². The Morgan fingerprint density at radius 2 is 1.78 bits per heavy atom. The van der Waals surface area contributed by atoms with Crippen molar-refractivity contribution in [3.63, 3.8) is 0 Å². The van der Waals surface area contributed by atoms with Crippen molar-refractivity contribution >= 4 is 18.0 Å². The number of nitrogens with zero attached hydrogens (tertiary/aromatic N) is 1. The predicted molar refractivity (Wildman–Crippen MR) is 103 cm³/mol. The Morgan fingerprint density at radius 3 is 2.37 bits per heavy atom. The molecule has 2 aromatic rings. The van der Waals surface area contributed by atoms with Crippen LogP contribution in [-0.4, -0.2) is 36.3 Å². The second-order valence-corrected chi connectivity index (χ2v) is 6.22. The maximum atomic E-state index is 12.4. The second-order valence-electron chi connectivity index (χ2n) is 6.22. The van der Waals surface area contributed by atoms with Crippen LogP contribution >= 0.6 is 0 Å². The number of amides is 2. The first-order valence-electron chi connectivity index (χ1n) is 8.48. The van der Waals surface area contributed by atoms with Crippen molar-refractivity contribution in [1.29, 1.82) is 0 Å². The Morgan fingerprint density at radius 1 is 1.11 bits per heavy atom. The van der Waals surface area contributed by atoms with Crippen LogP contribution in [0.1, 0.15) is 29.8 Å². The molecule has 0 aliphatic rings. The fraction of sp³-hybridized carbons (Fsp3) is 0.250. The summed E-state index contributed by atoms with van der Waals surface area (Å²) in [5.74, 6) is -0.255. The zero-order valence-electron chi connectivity index (χ0n) is 15.5. The minimum absolute atomic E-state index is 0.0590. The molecule has 2 rings (SSSR count). The SMILES string of the molecule is COc1ccc(C(=O)NC(C(=O)N/N=C/c2ccccc2O)C(C)C)cc1. The van der Waals surface area contributed by atoms with Gasteiger partial charge < -0.3 is 15.2 Å². The summed E-state index contributed by atoms with van der Waals surface area (Å²) in [7, 11) is 1.55. The zero-order valence-corrected chi connectivity index (χ0v) is 15.5. The van der Waals surface area contributed by atoms with Crippen LogP contribution in [0.15, 0.2) is 53.6 Å². The van der Waals surface area contributed by atoms with E-state index in [1.807, 2.05) is 13.8 Å². The van der Waals surface area contributed by atoms with E-state index < -0.39 is 11.9 Å². The van der Waals surface area contributed by atoms with Gasteiger partial charge >= 0.3 is 0 Å². The number of ether oxygens (including phenoxy) is 1. The Bertz CT molecular complexity index is 816. The van der Waals surface area contributed by atoms with Gasteiger partial charge in [0.1, 0.15) is 17.5 Å². The van der Waals surface area contributed by atoms with Gasteiger partial charge in [-0.2, -0.15) is 5.10 Å². The maximum absolute atomic E-state index is 12.4. The first-order chi connectivity index (χ1) is 12.9. The number of carbonyl (C=O) groups excluding carboxylic acids is 2. The van der Waals surface area contributed by atoms with Crippen LogP contribution in [0.2, 0.25) is 0 Å². The molecule has 0 aromatic heterocycles. The van der Waals surface area contributed by atoms with Crippen molar-refractivity contribution < 1.29 is 19.4 Å². The van der Waals surface area contributed by atoms with Crippen LogP contribution in [0.25, 0.3) is 0 Å². The number of rotatable bonds is 7. The molecular formula is C20H23N3O4. The van der Waals surface area contributed by atoms with E-state index in [9.17, 15) is 14.7 Å². The van der Waals surface area contributed by atoms with E-state index in [4.69, 9.17) is 4.74 Å². The number of aromatic hydroxyl groups is 1. The standard InChI is InChI=1S/C20H23N3O4/c1-13(2)18(22-19(25)14-8-10-16(27-3)11-9-14)20(26)23-21-12-15-6-4-5-7-17(15)24/h4-13,18,24H,1-3H3,(H,22,25)(H,23,26)/b21-12+. The van der Waals surface area contributed by atoms with Crippen LogP contribution in [0.4, 0.5) is 0 Å². The van der Waals surface area contributed by atoms with E-state index in [0.29, 0.717) is 16.9 Å². The molecule has 27 heavy (non-hydrogen) atoms. The average Bonchev–Trinajstić information content (AvgIpc) is 2.67. The minimum Gasteiger partial charge on any atom is -0.507 e. The number of carbonyl (C=O) groups is 2. The molecule has 0 radical (unpaired) electrons. The number of phenolic OH excluding ortho intramolecular Hbond substituents is 1. The Labute approximate surface area is 158 Å². The number of methoxy groups -OCH3 is 1. The normalized spacial score (nSPS) is 12.0. The van der Waals surface area contributed by atoms with Crippen molar-refractivity contribution in [3.05, 3.63) is 59.7 Å². The molecule has 142 valence electrons. The maximum Gasteiger partial charge on any atom is 0.262 e. The molecule has 0 spiro atoms. The van der Waals surface area contributed by atoms with Gasteiger partial charge in [-0.3, -0.25) is 9.59 Å². The van der Waals surface area contributed by atoms with Gasteiger partial charge in [0.2, 0.25) is 0 Å². The van der Waals surface area contributed by atoms with Gasteiger partial charge in [-0.05, 0) is 42.3 Å². The van der Waals surface area contributed by atoms with Crippen molar-refractivity contribution in [3.8, 4) is 11.5 Å². The van der Waals surface area contributed by atoms with Crippen LogP contribution < -0.4 is 15.5 Å². The topological polar surface area (TPSA) is 100 Å². The number of nitrogens with one attached hydrogen (secondary N) is 2. The van der Waals surface area contributed by atoms with Crippen LogP contribution in [0, 0.1) is 5.92 Å². The van der Waals surface area contributed by atoms with Crippen molar-refractivity contribution in [2.24, 2.45) is 11.0 Å². The monoisotopic (exact) mass is 369 g/mol. The summed E-state index contributed by atoms with van der Waals surface area (Å²) in [4.78, 5) is 24.8. The van der Waals surface area contributed by atoms with Gasteiger partial charge in [0.05, 0.1) is 13.3 Å². The third-order valence-electron chi connectivity index (χ3n) is 3.90. The van der Waals surface area contributed by atoms with E-state index in [1.165, 1.54) is 12.3 Å². The number of phenols is 1. The number of para-hydroxylation sites is 1. The lowest BCUT2D eigenvalue weighted by Crippen LogP contribution is -2.48. The lowest BCUT2D eigenvalue weighted by atomic mass is 10.0. The number of hydrazone groups is 1. The van der Waals surface area contributed by atoms with Gasteiger partial charge in [-0.1, -0.05) is 26.0 Å². The average molecular weight is 369 g/mol. The van der Waals surface area contributed by atoms with Crippen molar-refractivity contribution in [2.45, 2.75) is 19.9 Å². The van der Waals surface area contributed by atoms with Crippen LogP contribution in [0.3, 0.4) is 0 Å². The van der Waals surface area contributed by atoms with E-state index in [0.717, 1.165) is 0 Å². The fourth-order valence-corrected chi connectivity index (χ4v) is 2.33. The molecule has 0 aliphatic carbocycles. The highest BCUT2D eigenvalue weighted by atomic mass is 16.5. The molecule has 1 unspecified atom stereocenters. The molecule has 0 aliphatic heterocycles. The first kappa shape index (κ1) is 20.0. The summed E-state index contributed by atoms with van der Waals surface area (Å²) in [6.45, 7) is 3.65. The van der Waals surface area contributed by atoms with Gasteiger partial charge in [0, 0.05) is 11.1 Å². The molecule has 0 bridgehead atoms. The summed E-state index contributed by atoms with van der Waals surface area (Å²) in [5, 5.41) is 16.3. The van der Waals surface area contributed by atoms with Crippen molar-refractivity contribution in [2.75, 3.05) is 7.11 Å². The Kier molecular flexibility index (Phi) is 6.93. The molecule has 0 heterocycles. The highest BCUT2D eigenvalue weighted by Crippen LogP contribution is 2.13. The largest absolute Gasteiger partial charge is 0.507 e. The molecule has 1 atom stereocenters. The first-order valence-corrected chi connectivity index (χ1v) is 8.48. The van der Waals surface area contributed by atoms with Crippen LogP contribution in [-0.2, 0) is 4.79 Å². The summed E-state index contributed by atoms with van der Waals surface area (Å²) in [5.41, 5.74) is 3.30. The predicted octanol–water partition coefficient (Wildman–Crippen LogP) is 2.31. The van der Waals surface area contributed by atoms with Crippen LogP contribution in [0.5, 0.6) is 11.5 Å². The second kappa shape index (κ2) is 9.38. The molecule has 3 N–H and O–H groups in total. The van der Waals surface area contributed by atoms with Crippen molar-refractivity contribution in [1.82, 2.24) is 10.7 Å². The molecule has 2 aromatic carbocycles. The van der Waals surface area contributed by atoms with E-state index in [-0.39, 0.29) is 17.6 Å². The van der Waals surface area contributed by atoms with Gasteiger partial charge in [0.25, 0.3) is 11.8 Å². The van der Waals surface area contributed by atoms with E-state index in [2.05, 4.69) is 15.8 Å². The summed E-state index contributed by atoms with van der Waals surface area (Å²) in [6, 6.07) is 12.5. The van der Waals surface area contributed by atoms with E-state index >= 15 is 0 Å². The molecule has 0 fully saturated rings. The zero-order chi connectivity index (χ0) is 19.8.